The van der Waals surface area contributed by atoms with Gasteiger partial charge in [0.25, 0.3) is 0 Å². The summed E-state index contributed by atoms with van der Waals surface area (Å²) in [5.74, 6) is 0. The van der Waals surface area contributed by atoms with Gasteiger partial charge in [0, 0.05) is 44.2 Å². The predicted molar refractivity (Wildman–Crippen MR) is 122 cm³/mol. The molecule has 1 fully saturated rings. The molecule has 7 heteroatoms. The first-order valence-electron chi connectivity index (χ1n) is 11.2. The first-order chi connectivity index (χ1) is 15.8. The lowest BCUT2D eigenvalue weighted by Gasteiger charge is -2.41. The van der Waals surface area contributed by atoms with Crippen molar-refractivity contribution >= 4 is 11.4 Å². The first-order valence-corrected chi connectivity index (χ1v) is 11.2. The molecule has 0 saturated carbocycles. The standard InChI is InChI=1S/C26H27F3N2O2/c1-3-33-25(16-32-17-25)22-6-4-19(5-7-22)18(2)30-12-20-14-31(15-21(20)13-30)24-10-8-23(9-11-24)26(27,28)29/h4-11H,2-3,12-17H2,1H3. The number of nitrogens with zero attached hydrogens (tertiary/aromatic N) is 2. The lowest BCUT2D eigenvalue weighted by Crippen LogP contribution is -2.49. The fourth-order valence-electron chi connectivity index (χ4n) is 4.86. The molecular formula is C26H27F3N2O2. The Kier molecular flexibility index (Phi) is 5.49. The van der Waals surface area contributed by atoms with Crippen LogP contribution in [0.5, 0.6) is 0 Å². The molecule has 0 aliphatic carbocycles. The largest absolute Gasteiger partial charge is 0.416 e. The number of benzene rings is 2. The Labute approximate surface area is 191 Å². The van der Waals surface area contributed by atoms with Gasteiger partial charge in [0.05, 0.1) is 18.8 Å². The van der Waals surface area contributed by atoms with Crippen LogP contribution in [0.1, 0.15) is 23.6 Å². The molecule has 0 aromatic heterocycles. The van der Waals surface area contributed by atoms with E-state index in [-0.39, 0.29) is 5.60 Å². The van der Waals surface area contributed by atoms with Crippen LogP contribution in [0.25, 0.3) is 5.70 Å². The number of ether oxygens (including phenoxy) is 2. The van der Waals surface area contributed by atoms with Crippen LogP contribution in [0, 0.1) is 0 Å². The van der Waals surface area contributed by atoms with E-state index in [2.05, 4.69) is 40.6 Å². The van der Waals surface area contributed by atoms with Crippen molar-refractivity contribution in [1.29, 1.82) is 0 Å². The van der Waals surface area contributed by atoms with Crippen molar-refractivity contribution in [3.05, 3.63) is 82.9 Å². The van der Waals surface area contributed by atoms with Crippen molar-refractivity contribution in [3.63, 3.8) is 0 Å². The lowest BCUT2D eigenvalue weighted by atomic mass is 9.90. The van der Waals surface area contributed by atoms with Crippen LogP contribution >= 0.6 is 0 Å². The van der Waals surface area contributed by atoms with Gasteiger partial charge in [-0.15, -0.1) is 0 Å². The second-order valence-corrected chi connectivity index (χ2v) is 8.91. The molecule has 3 aliphatic heterocycles. The van der Waals surface area contributed by atoms with Crippen molar-refractivity contribution < 1.29 is 22.6 Å². The quantitative estimate of drug-likeness (QED) is 0.567. The summed E-state index contributed by atoms with van der Waals surface area (Å²) in [5, 5.41) is 0. The van der Waals surface area contributed by atoms with Crippen LogP contribution in [-0.2, 0) is 21.3 Å². The van der Waals surface area contributed by atoms with Gasteiger partial charge >= 0.3 is 6.18 Å². The molecule has 0 N–H and O–H groups in total. The molecule has 0 amide bonds. The highest BCUT2D eigenvalue weighted by Crippen LogP contribution is 2.37. The van der Waals surface area contributed by atoms with Gasteiger partial charge in [-0.1, -0.05) is 30.8 Å². The Morgan fingerprint density at radius 1 is 0.970 bits per heavy atom. The zero-order chi connectivity index (χ0) is 23.2. The maximum Gasteiger partial charge on any atom is 0.416 e. The summed E-state index contributed by atoms with van der Waals surface area (Å²) >= 11 is 0. The van der Waals surface area contributed by atoms with Crippen LogP contribution < -0.4 is 4.90 Å². The maximum absolute atomic E-state index is 12.8. The maximum atomic E-state index is 12.8. The summed E-state index contributed by atoms with van der Waals surface area (Å²) in [7, 11) is 0. The third-order valence-electron chi connectivity index (χ3n) is 6.80. The molecule has 0 bridgehead atoms. The van der Waals surface area contributed by atoms with Crippen LogP contribution in [0.3, 0.4) is 0 Å². The topological polar surface area (TPSA) is 24.9 Å². The van der Waals surface area contributed by atoms with Crippen molar-refractivity contribution in [2.75, 3.05) is 50.9 Å². The van der Waals surface area contributed by atoms with E-state index in [0.717, 1.165) is 60.8 Å². The van der Waals surface area contributed by atoms with Gasteiger partial charge in [-0.2, -0.15) is 13.2 Å². The molecule has 0 radical (unpaired) electrons. The Hall–Kier alpha value is -2.77. The van der Waals surface area contributed by atoms with Crippen LogP contribution in [0.4, 0.5) is 18.9 Å². The van der Waals surface area contributed by atoms with E-state index >= 15 is 0 Å². The van der Waals surface area contributed by atoms with Crippen molar-refractivity contribution in [3.8, 4) is 0 Å². The zero-order valence-corrected chi connectivity index (χ0v) is 18.6. The average Bonchev–Trinajstić information content (AvgIpc) is 3.35. The third-order valence-corrected chi connectivity index (χ3v) is 6.80. The number of hydrogen-bond acceptors (Lipinski definition) is 4. The van der Waals surface area contributed by atoms with Gasteiger partial charge in [0.15, 0.2) is 0 Å². The second-order valence-electron chi connectivity index (χ2n) is 8.91. The normalized spacial score (nSPS) is 19.6. The highest BCUT2D eigenvalue weighted by Gasteiger charge is 2.41. The fraction of sp³-hybridized carbons (Fsp3) is 0.385. The van der Waals surface area contributed by atoms with E-state index in [0.29, 0.717) is 19.8 Å². The van der Waals surface area contributed by atoms with Gasteiger partial charge < -0.3 is 19.3 Å². The van der Waals surface area contributed by atoms with E-state index in [1.807, 2.05) is 6.92 Å². The lowest BCUT2D eigenvalue weighted by molar-refractivity contribution is -0.214. The van der Waals surface area contributed by atoms with E-state index in [9.17, 15) is 13.2 Å². The molecule has 5 rings (SSSR count). The monoisotopic (exact) mass is 456 g/mol. The fourth-order valence-corrected chi connectivity index (χ4v) is 4.86. The molecule has 1 saturated heterocycles. The summed E-state index contributed by atoms with van der Waals surface area (Å²) in [6, 6.07) is 13.8. The number of halogens is 3. The van der Waals surface area contributed by atoms with Gasteiger partial charge in [-0.25, -0.2) is 0 Å². The molecule has 0 unspecified atom stereocenters. The second kappa shape index (κ2) is 8.22. The molecule has 2 aromatic rings. The van der Waals surface area contributed by atoms with Gasteiger partial charge in [-0.3, -0.25) is 0 Å². The van der Waals surface area contributed by atoms with Gasteiger partial charge in [-0.05, 0) is 53.5 Å². The highest BCUT2D eigenvalue weighted by molar-refractivity contribution is 5.65. The molecule has 3 heterocycles. The Morgan fingerprint density at radius 3 is 2.06 bits per heavy atom. The predicted octanol–water partition coefficient (Wildman–Crippen LogP) is 5.07. The van der Waals surface area contributed by atoms with E-state index in [4.69, 9.17) is 9.47 Å². The molecule has 33 heavy (non-hydrogen) atoms. The van der Waals surface area contributed by atoms with Gasteiger partial charge in [0.2, 0.25) is 0 Å². The van der Waals surface area contributed by atoms with Crippen LogP contribution in [0.2, 0.25) is 0 Å². The number of hydrogen-bond donors (Lipinski definition) is 0. The van der Waals surface area contributed by atoms with Gasteiger partial charge in [0.1, 0.15) is 5.60 Å². The van der Waals surface area contributed by atoms with E-state index in [1.54, 1.807) is 12.1 Å². The van der Waals surface area contributed by atoms with E-state index < -0.39 is 11.7 Å². The number of rotatable bonds is 6. The smallest absolute Gasteiger partial charge is 0.375 e. The minimum atomic E-state index is -4.31. The SMILES string of the molecule is C=C(c1ccc(C2(OCC)COC2)cc1)N1CC2=C(C1)CN(c1ccc(C(F)(F)F)cc1)C2. The molecular weight excluding hydrogens is 429 g/mol. The van der Waals surface area contributed by atoms with Crippen molar-refractivity contribution in [1.82, 2.24) is 4.90 Å². The number of alkyl halides is 3. The first kappa shape index (κ1) is 22.0. The van der Waals surface area contributed by atoms with Crippen molar-refractivity contribution in [2.24, 2.45) is 0 Å². The molecule has 0 atom stereocenters. The molecule has 0 spiro atoms. The van der Waals surface area contributed by atoms with Crippen LogP contribution in [-0.4, -0.2) is 50.9 Å². The average molecular weight is 457 g/mol. The Morgan fingerprint density at radius 2 is 1.58 bits per heavy atom. The summed E-state index contributed by atoms with van der Waals surface area (Å²) in [6.07, 6.45) is -4.31. The minimum Gasteiger partial charge on any atom is -0.375 e. The molecule has 174 valence electrons. The van der Waals surface area contributed by atoms with Crippen LogP contribution in [0.15, 0.2) is 66.3 Å². The third kappa shape index (κ3) is 4.04. The molecule has 3 aliphatic rings. The molecule has 2 aromatic carbocycles. The highest BCUT2D eigenvalue weighted by atomic mass is 19.4. The number of anilines is 1. The minimum absolute atomic E-state index is 0.327. The summed E-state index contributed by atoms with van der Waals surface area (Å²) in [4.78, 5) is 4.40. The van der Waals surface area contributed by atoms with Crippen molar-refractivity contribution in [2.45, 2.75) is 18.7 Å². The summed E-state index contributed by atoms with van der Waals surface area (Å²) < 4.78 is 49.8. The summed E-state index contributed by atoms with van der Waals surface area (Å²) in [6.45, 7) is 11.2. The Balaban J connectivity index is 1.20. The summed E-state index contributed by atoms with van der Waals surface area (Å²) in [5.41, 5.74) is 5.72. The Bertz CT molecular complexity index is 1050. The molecule has 4 nitrogen and oxygen atoms in total. The zero-order valence-electron chi connectivity index (χ0n) is 18.6. The van der Waals surface area contributed by atoms with E-state index in [1.165, 1.54) is 11.1 Å².